The molecule has 0 amide bonds. The van der Waals surface area contributed by atoms with E-state index in [0.29, 0.717) is 0 Å². The normalized spacial score (nSPS) is 12.7. The Morgan fingerprint density at radius 1 is 0.571 bits per heavy atom. The maximum absolute atomic E-state index is 5.89. The molecule has 0 N–H and O–H groups in total. The van der Waals surface area contributed by atoms with Gasteiger partial charge in [-0.2, -0.15) is 0 Å². The molecule has 0 fully saturated rings. The molecule has 0 aromatic rings. The van der Waals surface area contributed by atoms with Crippen LogP contribution in [0.5, 0.6) is 0 Å². The molecular formula is C20H42O. The van der Waals surface area contributed by atoms with Gasteiger partial charge in [0, 0.05) is 13.2 Å². The smallest absolute Gasteiger partial charge is 0.0494 e. The molecule has 0 bridgehead atoms. The first kappa shape index (κ1) is 21.0. The third kappa shape index (κ3) is 16.2. The molecule has 0 radical (unpaired) electrons. The molecule has 1 heteroatoms. The summed E-state index contributed by atoms with van der Waals surface area (Å²) in [6.45, 7) is 8.81. The van der Waals surface area contributed by atoms with Gasteiger partial charge < -0.3 is 4.74 Å². The zero-order valence-corrected chi connectivity index (χ0v) is 15.3. The van der Waals surface area contributed by atoms with E-state index in [2.05, 4.69) is 20.8 Å². The fraction of sp³-hybridized carbons (Fsp3) is 1.00. The minimum absolute atomic E-state index is 0.824. The standard InChI is InChI=1S/C20H42O/c1-4-7-10-12-13-15-17-20(16-14-11-8-5-2)19-21-18-9-6-3/h20H,4-19H2,1-3H3. The van der Waals surface area contributed by atoms with E-state index in [1.807, 2.05) is 0 Å². The van der Waals surface area contributed by atoms with Gasteiger partial charge in [-0.05, 0) is 25.2 Å². The van der Waals surface area contributed by atoms with E-state index in [0.717, 1.165) is 19.1 Å². The predicted molar refractivity (Wildman–Crippen MR) is 96.0 cm³/mol. The molecule has 1 nitrogen and oxygen atoms in total. The highest BCUT2D eigenvalue weighted by Crippen LogP contribution is 2.19. The maximum atomic E-state index is 5.89. The van der Waals surface area contributed by atoms with Crippen LogP contribution in [0.4, 0.5) is 0 Å². The molecule has 0 aromatic heterocycles. The van der Waals surface area contributed by atoms with Crippen LogP contribution in [-0.2, 0) is 4.74 Å². The fourth-order valence-corrected chi connectivity index (χ4v) is 2.88. The van der Waals surface area contributed by atoms with E-state index < -0.39 is 0 Å². The minimum Gasteiger partial charge on any atom is -0.381 e. The van der Waals surface area contributed by atoms with E-state index in [9.17, 15) is 0 Å². The van der Waals surface area contributed by atoms with Crippen molar-refractivity contribution in [2.45, 2.75) is 111 Å². The molecule has 0 spiro atoms. The highest BCUT2D eigenvalue weighted by atomic mass is 16.5. The van der Waals surface area contributed by atoms with Crippen LogP contribution in [0.15, 0.2) is 0 Å². The summed E-state index contributed by atoms with van der Waals surface area (Å²) in [4.78, 5) is 0. The molecule has 0 saturated heterocycles. The van der Waals surface area contributed by atoms with Gasteiger partial charge >= 0.3 is 0 Å². The monoisotopic (exact) mass is 298 g/mol. The van der Waals surface area contributed by atoms with E-state index >= 15 is 0 Å². The van der Waals surface area contributed by atoms with Crippen molar-refractivity contribution in [3.05, 3.63) is 0 Å². The lowest BCUT2D eigenvalue weighted by atomic mass is 9.95. The number of ether oxygens (including phenoxy) is 1. The number of hydrogen-bond acceptors (Lipinski definition) is 1. The zero-order chi connectivity index (χ0) is 15.6. The largest absolute Gasteiger partial charge is 0.381 e. The number of hydrogen-bond donors (Lipinski definition) is 0. The molecule has 1 unspecified atom stereocenters. The Kier molecular flexibility index (Phi) is 18.0. The summed E-state index contributed by atoms with van der Waals surface area (Å²) in [5, 5.41) is 0. The van der Waals surface area contributed by atoms with Gasteiger partial charge in [-0.1, -0.05) is 91.4 Å². The SMILES string of the molecule is CCCCCCCCC(CCCCCC)COCCCC. The van der Waals surface area contributed by atoms with Crippen molar-refractivity contribution >= 4 is 0 Å². The van der Waals surface area contributed by atoms with E-state index in [1.165, 1.54) is 89.9 Å². The van der Waals surface area contributed by atoms with Crippen LogP contribution in [-0.4, -0.2) is 13.2 Å². The van der Waals surface area contributed by atoms with Crippen LogP contribution >= 0.6 is 0 Å². The Morgan fingerprint density at radius 3 is 1.62 bits per heavy atom. The third-order valence-electron chi connectivity index (χ3n) is 4.43. The molecule has 0 saturated carbocycles. The van der Waals surface area contributed by atoms with Crippen LogP contribution < -0.4 is 0 Å². The van der Waals surface area contributed by atoms with Crippen LogP contribution in [0.25, 0.3) is 0 Å². The first-order chi connectivity index (χ1) is 10.3. The Balaban J connectivity index is 3.67. The molecule has 0 aliphatic rings. The predicted octanol–water partition coefficient (Wildman–Crippen LogP) is 7.14. The van der Waals surface area contributed by atoms with Gasteiger partial charge in [0.05, 0.1) is 0 Å². The number of rotatable bonds is 17. The summed E-state index contributed by atoms with van der Waals surface area (Å²) in [6.07, 6.45) is 19.3. The molecule has 21 heavy (non-hydrogen) atoms. The van der Waals surface area contributed by atoms with Crippen LogP contribution in [0, 0.1) is 5.92 Å². The topological polar surface area (TPSA) is 9.23 Å². The van der Waals surface area contributed by atoms with Crippen molar-refractivity contribution in [1.82, 2.24) is 0 Å². The lowest BCUT2D eigenvalue weighted by Crippen LogP contribution is -2.11. The summed E-state index contributed by atoms with van der Waals surface area (Å²) in [5.74, 6) is 0.824. The van der Waals surface area contributed by atoms with Crippen molar-refractivity contribution in [2.75, 3.05) is 13.2 Å². The van der Waals surface area contributed by atoms with Crippen LogP contribution in [0.2, 0.25) is 0 Å². The quantitative estimate of drug-likeness (QED) is 0.259. The molecule has 1 atom stereocenters. The summed E-state index contributed by atoms with van der Waals surface area (Å²) in [5.41, 5.74) is 0. The van der Waals surface area contributed by atoms with Crippen molar-refractivity contribution in [1.29, 1.82) is 0 Å². The summed E-state index contributed by atoms with van der Waals surface area (Å²) in [6, 6.07) is 0. The second kappa shape index (κ2) is 18.0. The highest BCUT2D eigenvalue weighted by molar-refractivity contribution is 4.60. The second-order valence-corrected chi connectivity index (χ2v) is 6.70. The second-order valence-electron chi connectivity index (χ2n) is 6.70. The van der Waals surface area contributed by atoms with Crippen molar-refractivity contribution in [3.8, 4) is 0 Å². The van der Waals surface area contributed by atoms with Crippen molar-refractivity contribution in [2.24, 2.45) is 5.92 Å². The van der Waals surface area contributed by atoms with Crippen molar-refractivity contribution in [3.63, 3.8) is 0 Å². The molecule has 0 heterocycles. The molecule has 0 aromatic carbocycles. The Morgan fingerprint density at radius 2 is 1.05 bits per heavy atom. The van der Waals surface area contributed by atoms with Gasteiger partial charge in [-0.3, -0.25) is 0 Å². The van der Waals surface area contributed by atoms with Crippen LogP contribution in [0.1, 0.15) is 111 Å². The van der Waals surface area contributed by atoms with Gasteiger partial charge in [0.15, 0.2) is 0 Å². The van der Waals surface area contributed by atoms with Crippen molar-refractivity contribution < 1.29 is 4.74 Å². The molecular weight excluding hydrogens is 256 g/mol. The number of unbranched alkanes of at least 4 members (excludes halogenated alkanes) is 9. The lowest BCUT2D eigenvalue weighted by Gasteiger charge is -2.17. The Bertz CT molecular complexity index is 167. The summed E-state index contributed by atoms with van der Waals surface area (Å²) in [7, 11) is 0. The summed E-state index contributed by atoms with van der Waals surface area (Å²) >= 11 is 0. The third-order valence-corrected chi connectivity index (χ3v) is 4.43. The van der Waals surface area contributed by atoms with Gasteiger partial charge in [0.2, 0.25) is 0 Å². The molecule has 0 rings (SSSR count). The van der Waals surface area contributed by atoms with Gasteiger partial charge in [-0.25, -0.2) is 0 Å². The molecule has 0 aliphatic heterocycles. The molecule has 128 valence electrons. The van der Waals surface area contributed by atoms with E-state index in [1.54, 1.807) is 0 Å². The Hall–Kier alpha value is -0.0400. The average Bonchev–Trinajstić information content (AvgIpc) is 2.50. The van der Waals surface area contributed by atoms with Gasteiger partial charge in [-0.15, -0.1) is 0 Å². The van der Waals surface area contributed by atoms with E-state index in [-0.39, 0.29) is 0 Å². The maximum Gasteiger partial charge on any atom is 0.0494 e. The van der Waals surface area contributed by atoms with E-state index in [4.69, 9.17) is 4.74 Å². The summed E-state index contributed by atoms with van der Waals surface area (Å²) < 4.78 is 5.89. The molecule has 0 aliphatic carbocycles. The highest BCUT2D eigenvalue weighted by Gasteiger charge is 2.08. The average molecular weight is 299 g/mol. The van der Waals surface area contributed by atoms with Gasteiger partial charge in [0.25, 0.3) is 0 Å². The first-order valence-corrected chi connectivity index (χ1v) is 9.92. The fourth-order valence-electron chi connectivity index (χ4n) is 2.88. The Labute approximate surface area is 135 Å². The van der Waals surface area contributed by atoms with Gasteiger partial charge in [0.1, 0.15) is 0 Å². The zero-order valence-electron chi connectivity index (χ0n) is 15.3. The first-order valence-electron chi connectivity index (χ1n) is 9.92. The minimum atomic E-state index is 0.824. The van der Waals surface area contributed by atoms with Crippen LogP contribution in [0.3, 0.4) is 0 Å². The lowest BCUT2D eigenvalue weighted by molar-refractivity contribution is 0.0888.